The molecule has 1 unspecified atom stereocenters. The van der Waals surface area contributed by atoms with Crippen LogP contribution >= 0.6 is 0 Å². The van der Waals surface area contributed by atoms with Gasteiger partial charge in [-0.1, -0.05) is 17.7 Å². The molecule has 20 heavy (non-hydrogen) atoms. The number of halogens is 1. The van der Waals surface area contributed by atoms with E-state index in [4.69, 9.17) is 0 Å². The molecule has 2 heterocycles. The second kappa shape index (κ2) is 5.82. The van der Waals surface area contributed by atoms with Gasteiger partial charge in [-0.15, -0.1) is 0 Å². The molecule has 1 N–H and O–H groups in total. The van der Waals surface area contributed by atoms with E-state index in [0.717, 1.165) is 43.9 Å². The lowest BCUT2D eigenvalue weighted by molar-refractivity contribution is 0.0594. The summed E-state index contributed by atoms with van der Waals surface area (Å²) in [6, 6.07) is 5.45. The van der Waals surface area contributed by atoms with Gasteiger partial charge in [0.05, 0.1) is 0 Å². The van der Waals surface area contributed by atoms with Crippen molar-refractivity contribution in [2.24, 2.45) is 5.41 Å². The molecule has 3 rings (SSSR count). The highest BCUT2D eigenvalue weighted by Crippen LogP contribution is 2.36. The van der Waals surface area contributed by atoms with Crippen molar-refractivity contribution in [2.75, 3.05) is 26.2 Å². The van der Waals surface area contributed by atoms with Crippen LogP contribution in [0.15, 0.2) is 18.2 Å². The van der Waals surface area contributed by atoms with Crippen molar-refractivity contribution in [1.29, 1.82) is 0 Å². The second-order valence-corrected chi connectivity index (χ2v) is 6.69. The molecule has 2 saturated heterocycles. The quantitative estimate of drug-likeness (QED) is 0.893. The molecule has 2 aliphatic rings. The molecule has 1 atom stereocenters. The summed E-state index contributed by atoms with van der Waals surface area (Å²) in [5.74, 6) is -0.0583. The molecule has 2 nitrogen and oxygen atoms in total. The number of hydrogen-bond donors (Lipinski definition) is 1. The zero-order valence-electron chi connectivity index (χ0n) is 12.4. The number of hydrogen-bond acceptors (Lipinski definition) is 2. The number of piperidine rings is 2. The van der Waals surface area contributed by atoms with Gasteiger partial charge in [-0.25, -0.2) is 4.39 Å². The predicted molar refractivity (Wildman–Crippen MR) is 80.2 cm³/mol. The molecule has 2 aliphatic heterocycles. The SMILES string of the molecule is Cc1ccc(F)c(CN2CCCC3(CCCNC3)C2)c1. The number of rotatable bonds is 2. The lowest BCUT2D eigenvalue weighted by Crippen LogP contribution is -2.50. The standard InChI is InChI=1S/C17H25FN2/c1-14-4-5-16(18)15(10-14)11-20-9-3-7-17(13-20)6-2-8-19-12-17/h4-5,10,19H,2-3,6-9,11-13H2,1H3. The Morgan fingerprint density at radius 1 is 1.30 bits per heavy atom. The number of nitrogens with one attached hydrogen (secondary N) is 1. The first-order valence-corrected chi connectivity index (χ1v) is 7.85. The second-order valence-electron chi connectivity index (χ2n) is 6.69. The summed E-state index contributed by atoms with van der Waals surface area (Å²) in [6.45, 7) is 7.32. The van der Waals surface area contributed by atoms with Crippen LogP contribution in [-0.4, -0.2) is 31.1 Å². The molecule has 3 heteroatoms. The van der Waals surface area contributed by atoms with Crippen molar-refractivity contribution in [2.45, 2.75) is 39.2 Å². The molecule has 0 amide bonds. The normalized spacial score (nSPS) is 27.9. The van der Waals surface area contributed by atoms with Crippen LogP contribution in [0.3, 0.4) is 0 Å². The minimum absolute atomic E-state index is 0.0583. The zero-order chi connectivity index (χ0) is 14.0. The van der Waals surface area contributed by atoms with Gasteiger partial charge >= 0.3 is 0 Å². The Kier molecular flexibility index (Phi) is 4.08. The predicted octanol–water partition coefficient (Wildman–Crippen LogP) is 3.10. The van der Waals surface area contributed by atoms with Crippen molar-refractivity contribution in [1.82, 2.24) is 10.2 Å². The molecular formula is C17H25FN2. The fourth-order valence-electron chi connectivity index (χ4n) is 3.89. The Hall–Kier alpha value is -0.930. The Labute approximate surface area is 121 Å². The number of aryl methyl sites for hydroxylation is 1. The summed E-state index contributed by atoms with van der Waals surface area (Å²) in [7, 11) is 0. The highest BCUT2D eigenvalue weighted by molar-refractivity contribution is 5.24. The van der Waals surface area contributed by atoms with Gasteiger partial charge in [-0.3, -0.25) is 4.90 Å². The largest absolute Gasteiger partial charge is 0.316 e. The first-order valence-electron chi connectivity index (χ1n) is 7.85. The third-order valence-corrected chi connectivity index (χ3v) is 4.90. The van der Waals surface area contributed by atoms with E-state index in [2.05, 4.69) is 10.2 Å². The van der Waals surface area contributed by atoms with Crippen LogP contribution in [-0.2, 0) is 6.54 Å². The molecule has 0 saturated carbocycles. The van der Waals surface area contributed by atoms with Crippen LogP contribution in [0.2, 0.25) is 0 Å². The van der Waals surface area contributed by atoms with Crippen LogP contribution in [0.1, 0.15) is 36.8 Å². The van der Waals surface area contributed by atoms with Gasteiger partial charge in [-0.05, 0) is 57.2 Å². The van der Waals surface area contributed by atoms with E-state index < -0.39 is 0 Å². The Morgan fingerprint density at radius 2 is 2.15 bits per heavy atom. The van der Waals surface area contributed by atoms with Gasteiger partial charge in [0.25, 0.3) is 0 Å². The van der Waals surface area contributed by atoms with Gasteiger partial charge in [0, 0.05) is 25.2 Å². The van der Waals surface area contributed by atoms with Crippen LogP contribution < -0.4 is 5.32 Å². The topological polar surface area (TPSA) is 15.3 Å². The van der Waals surface area contributed by atoms with Crippen molar-refractivity contribution in [3.05, 3.63) is 35.1 Å². The summed E-state index contributed by atoms with van der Waals surface area (Å²) < 4.78 is 13.9. The molecule has 110 valence electrons. The highest BCUT2D eigenvalue weighted by atomic mass is 19.1. The Morgan fingerprint density at radius 3 is 2.95 bits per heavy atom. The first kappa shape index (κ1) is 14.0. The molecule has 1 aromatic rings. The monoisotopic (exact) mass is 276 g/mol. The lowest BCUT2D eigenvalue weighted by Gasteiger charge is -2.45. The lowest BCUT2D eigenvalue weighted by atomic mass is 9.74. The van der Waals surface area contributed by atoms with Crippen LogP contribution in [0.25, 0.3) is 0 Å². The minimum atomic E-state index is -0.0583. The van der Waals surface area contributed by atoms with Crippen molar-refractivity contribution in [3.8, 4) is 0 Å². The van der Waals surface area contributed by atoms with Gasteiger partial charge in [0.15, 0.2) is 0 Å². The first-order chi connectivity index (χ1) is 9.67. The van der Waals surface area contributed by atoms with E-state index >= 15 is 0 Å². The van der Waals surface area contributed by atoms with Crippen molar-refractivity contribution < 1.29 is 4.39 Å². The summed E-state index contributed by atoms with van der Waals surface area (Å²) >= 11 is 0. The van der Waals surface area contributed by atoms with E-state index in [1.807, 2.05) is 19.1 Å². The molecule has 0 radical (unpaired) electrons. The molecular weight excluding hydrogens is 251 g/mol. The maximum Gasteiger partial charge on any atom is 0.127 e. The van der Waals surface area contributed by atoms with Crippen LogP contribution in [0, 0.1) is 18.2 Å². The smallest absolute Gasteiger partial charge is 0.127 e. The van der Waals surface area contributed by atoms with Gasteiger partial charge in [0.2, 0.25) is 0 Å². The van der Waals surface area contributed by atoms with Gasteiger partial charge in [0.1, 0.15) is 5.82 Å². The molecule has 1 aromatic carbocycles. The highest BCUT2D eigenvalue weighted by Gasteiger charge is 2.36. The fourth-order valence-corrected chi connectivity index (χ4v) is 3.89. The van der Waals surface area contributed by atoms with Crippen molar-refractivity contribution >= 4 is 0 Å². The Bertz CT molecular complexity index is 461. The Balaban J connectivity index is 1.69. The minimum Gasteiger partial charge on any atom is -0.316 e. The van der Waals surface area contributed by atoms with E-state index in [1.165, 1.54) is 25.7 Å². The van der Waals surface area contributed by atoms with Crippen LogP contribution in [0.5, 0.6) is 0 Å². The molecule has 0 bridgehead atoms. The zero-order valence-corrected chi connectivity index (χ0v) is 12.4. The molecule has 0 aromatic heterocycles. The summed E-state index contributed by atoms with van der Waals surface area (Å²) in [6.07, 6.45) is 5.18. The average Bonchev–Trinajstić information content (AvgIpc) is 2.44. The van der Waals surface area contributed by atoms with E-state index in [0.29, 0.717) is 5.41 Å². The van der Waals surface area contributed by atoms with Gasteiger partial charge < -0.3 is 5.32 Å². The van der Waals surface area contributed by atoms with Crippen LogP contribution in [0.4, 0.5) is 4.39 Å². The average molecular weight is 276 g/mol. The third-order valence-electron chi connectivity index (χ3n) is 4.90. The van der Waals surface area contributed by atoms with E-state index in [-0.39, 0.29) is 5.82 Å². The number of likely N-dealkylation sites (tertiary alicyclic amines) is 1. The molecule has 0 aliphatic carbocycles. The maximum absolute atomic E-state index is 13.9. The number of benzene rings is 1. The molecule has 2 fully saturated rings. The van der Waals surface area contributed by atoms with E-state index in [9.17, 15) is 4.39 Å². The summed E-state index contributed by atoms with van der Waals surface area (Å²) in [5, 5.41) is 3.55. The molecule has 1 spiro atoms. The summed E-state index contributed by atoms with van der Waals surface area (Å²) in [4.78, 5) is 2.45. The van der Waals surface area contributed by atoms with E-state index in [1.54, 1.807) is 6.07 Å². The number of nitrogens with zero attached hydrogens (tertiary/aromatic N) is 1. The van der Waals surface area contributed by atoms with Crippen molar-refractivity contribution in [3.63, 3.8) is 0 Å². The fraction of sp³-hybridized carbons (Fsp3) is 0.647. The summed E-state index contributed by atoms with van der Waals surface area (Å²) in [5.41, 5.74) is 2.44. The maximum atomic E-state index is 13.9. The third kappa shape index (κ3) is 3.04. The van der Waals surface area contributed by atoms with Gasteiger partial charge in [-0.2, -0.15) is 0 Å².